The van der Waals surface area contributed by atoms with Crippen LogP contribution in [0, 0.1) is 17.0 Å². The van der Waals surface area contributed by atoms with Crippen LogP contribution < -0.4 is 10.1 Å². The van der Waals surface area contributed by atoms with Crippen LogP contribution in [0.3, 0.4) is 0 Å². The molecule has 0 spiro atoms. The van der Waals surface area contributed by atoms with Crippen molar-refractivity contribution >= 4 is 28.1 Å². The van der Waals surface area contributed by atoms with Crippen LogP contribution in [0.1, 0.15) is 29.8 Å². The molecule has 0 aliphatic carbocycles. The third kappa shape index (κ3) is 4.52. The zero-order valence-electron chi connectivity index (χ0n) is 15.6. The first-order valence-corrected chi connectivity index (χ1v) is 9.50. The summed E-state index contributed by atoms with van der Waals surface area (Å²) in [5, 5.41) is 15.9. The van der Waals surface area contributed by atoms with Crippen LogP contribution in [0.4, 0.5) is 10.8 Å². The number of thiazole rings is 1. The Balaban J connectivity index is 1.75. The molecule has 2 aromatic carbocycles. The van der Waals surface area contributed by atoms with Crippen molar-refractivity contribution in [2.75, 3.05) is 5.32 Å². The number of nitro groups is 1. The average molecular weight is 397 g/mol. The second-order valence-electron chi connectivity index (χ2n) is 6.44. The topological polar surface area (TPSA) is 94.4 Å². The van der Waals surface area contributed by atoms with Crippen LogP contribution in [-0.2, 0) is 0 Å². The Hall–Kier alpha value is -3.26. The lowest BCUT2D eigenvalue weighted by atomic mass is 10.1. The molecule has 3 aromatic rings. The van der Waals surface area contributed by atoms with Crippen molar-refractivity contribution in [3.63, 3.8) is 0 Å². The summed E-state index contributed by atoms with van der Waals surface area (Å²) in [6.07, 6.45) is 0.101. The molecule has 1 amide bonds. The molecule has 0 atom stereocenters. The number of rotatable bonds is 6. The molecule has 1 N–H and O–H groups in total. The minimum atomic E-state index is -0.523. The number of carbonyl (C=O) groups is 1. The quantitative estimate of drug-likeness (QED) is 0.463. The highest BCUT2D eigenvalue weighted by Gasteiger charge is 2.16. The fourth-order valence-corrected chi connectivity index (χ4v) is 3.29. The molecule has 0 radical (unpaired) electrons. The molecule has 0 saturated carbocycles. The van der Waals surface area contributed by atoms with Gasteiger partial charge in [0.25, 0.3) is 11.6 Å². The van der Waals surface area contributed by atoms with Crippen molar-refractivity contribution in [2.45, 2.75) is 26.9 Å². The molecule has 0 bridgehead atoms. The molecule has 144 valence electrons. The Morgan fingerprint density at radius 3 is 2.57 bits per heavy atom. The number of anilines is 1. The van der Waals surface area contributed by atoms with Crippen molar-refractivity contribution in [1.82, 2.24) is 4.98 Å². The molecule has 0 aliphatic rings. The van der Waals surface area contributed by atoms with Gasteiger partial charge in [0, 0.05) is 28.6 Å². The van der Waals surface area contributed by atoms with E-state index < -0.39 is 10.8 Å². The Morgan fingerprint density at radius 1 is 1.21 bits per heavy atom. The number of nitrogens with one attached hydrogen (secondary N) is 1. The Bertz CT molecular complexity index is 1010. The van der Waals surface area contributed by atoms with Gasteiger partial charge in [0.1, 0.15) is 5.75 Å². The summed E-state index contributed by atoms with van der Waals surface area (Å²) in [6.45, 7) is 5.66. The maximum atomic E-state index is 12.5. The molecule has 0 aliphatic heterocycles. The van der Waals surface area contributed by atoms with Crippen molar-refractivity contribution in [3.05, 3.63) is 69.1 Å². The maximum absolute atomic E-state index is 12.5. The normalized spacial score (nSPS) is 10.7. The number of amides is 1. The number of benzene rings is 2. The van der Waals surface area contributed by atoms with Gasteiger partial charge in [0.2, 0.25) is 0 Å². The first-order chi connectivity index (χ1) is 13.3. The zero-order chi connectivity index (χ0) is 20.3. The molecular weight excluding hydrogens is 378 g/mol. The molecule has 28 heavy (non-hydrogen) atoms. The minimum Gasteiger partial charge on any atom is -0.491 e. The van der Waals surface area contributed by atoms with E-state index in [1.54, 1.807) is 13.0 Å². The number of nitrogens with zero attached hydrogens (tertiary/aromatic N) is 2. The Kier molecular flexibility index (Phi) is 5.70. The second-order valence-corrected chi connectivity index (χ2v) is 7.30. The van der Waals surface area contributed by atoms with E-state index in [1.165, 1.54) is 23.5 Å². The van der Waals surface area contributed by atoms with Crippen LogP contribution in [0.5, 0.6) is 5.75 Å². The summed E-state index contributed by atoms with van der Waals surface area (Å²) >= 11 is 1.29. The Morgan fingerprint density at radius 2 is 1.93 bits per heavy atom. The van der Waals surface area contributed by atoms with Crippen molar-refractivity contribution in [2.24, 2.45) is 0 Å². The van der Waals surface area contributed by atoms with Crippen LogP contribution in [-0.4, -0.2) is 21.9 Å². The largest absolute Gasteiger partial charge is 0.491 e. The highest BCUT2D eigenvalue weighted by Crippen LogP contribution is 2.27. The molecule has 3 rings (SSSR count). The molecule has 7 nitrogen and oxygen atoms in total. The van der Waals surface area contributed by atoms with Gasteiger partial charge in [-0.25, -0.2) is 4.98 Å². The van der Waals surface area contributed by atoms with Gasteiger partial charge in [-0.2, -0.15) is 0 Å². The van der Waals surface area contributed by atoms with Crippen LogP contribution in [0.25, 0.3) is 11.3 Å². The van der Waals surface area contributed by atoms with Gasteiger partial charge in [-0.15, -0.1) is 11.3 Å². The van der Waals surface area contributed by atoms with Gasteiger partial charge < -0.3 is 4.74 Å². The fourth-order valence-electron chi connectivity index (χ4n) is 2.57. The first-order valence-electron chi connectivity index (χ1n) is 8.62. The molecule has 0 unspecified atom stereocenters. The predicted molar refractivity (Wildman–Crippen MR) is 109 cm³/mol. The summed E-state index contributed by atoms with van der Waals surface area (Å²) in [6, 6.07) is 11.8. The van der Waals surface area contributed by atoms with E-state index in [0.29, 0.717) is 10.7 Å². The van der Waals surface area contributed by atoms with Gasteiger partial charge >= 0.3 is 0 Å². The molecular formula is C20H19N3O4S. The number of aromatic nitrogens is 1. The molecule has 1 aromatic heterocycles. The lowest BCUT2D eigenvalue weighted by Crippen LogP contribution is -2.13. The van der Waals surface area contributed by atoms with Crippen LogP contribution in [0.15, 0.2) is 47.8 Å². The zero-order valence-corrected chi connectivity index (χ0v) is 16.4. The van der Waals surface area contributed by atoms with Gasteiger partial charge in [-0.1, -0.05) is 6.07 Å². The van der Waals surface area contributed by atoms with E-state index >= 15 is 0 Å². The maximum Gasteiger partial charge on any atom is 0.270 e. The molecule has 0 fully saturated rings. The summed E-state index contributed by atoms with van der Waals surface area (Å²) in [7, 11) is 0. The fraction of sp³-hybridized carbons (Fsp3) is 0.200. The van der Waals surface area contributed by atoms with Gasteiger partial charge in [-0.3, -0.25) is 20.2 Å². The molecule has 8 heteroatoms. The first kappa shape index (κ1) is 19.5. The van der Waals surface area contributed by atoms with Gasteiger partial charge in [0.15, 0.2) is 5.13 Å². The highest BCUT2D eigenvalue weighted by molar-refractivity contribution is 7.14. The van der Waals surface area contributed by atoms with E-state index in [0.717, 1.165) is 17.0 Å². The van der Waals surface area contributed by atoms with E-state index in [4.69, 9.17) is 4.74 Å². The number of nitro benzene ring substituents is 1. The summed E-state index contributed by atoms with van der Waals surface area (Å²) in [4.78, 5) is 27.4. The Labute approximate surface area is 166 Å². The van der Waals surface area contributed by atoms with Crippen molar-refractivity contribution in [1.29, 1.82) is 0 Å². The lowest BCUT2D eigenvalue weighted by Gasteiger charge is -2.09. The SMILES string of the molecule is Cc1ccc([N+](=O)[O-])cc1C(=O)Nc1nc(-c2ccc(OC(C)C)cc2)cs1. The van der Waals surface area contributed by atoms with E-state index in [2.05, 4.69) is 10.3 Å². The summed E-state index contributed by atoms with van der Waals surface area (Å²) in [5.41, 5.74) is 2.41. The third-order valence-electron chi connectivity index (χ3n) is 3.92. The van der Waals surface area contributed by atoms with E-state index in [-0.39, 0.29) is 17.4 Å². The lowest BCUT2D eigenvalue weighted by molar-refractivity contribution is -0.384. The monoisotopic (exact) mass is 397 g/mol. The third-order valence-corrected chi connectivity index (χ3v) is 4.68. The smallest absolute Gasteiger partial charge is 0.270 e. The van der Waals surface area contributed by atoms with E-state index in [1.807, 2.05) is 43.5 Å². The minimum absolute atomic E-state index is 0.101. The summed E-state index contributed by atoms with van der Waals surface area (Å²) in [5.74, 6) is 0.353. The number of hydrogen-bond acceptors (Lipinski definition) is 6. The number of carbonyl (C=O) groups excluding carboxylic acids is 1. The number of ether oxygens (including phenoxy) is 1. The van der Waals surface area contributed by atoms with Crippen LogP contribution in [0.2, 0.25) is 0 Å². The van der Waals surface area contributed by atoms with E-state index in [9.17, 15) is 14.9 Å². The average Bonchev–Trinajstić information content (AvgIpc) is 3.10. The van der Waals surface area contributed by atoms with Gasteiger partial charge in [0.05, 0.1) is 16.7 Å². The van der Waals surface area contributed by atoms with Crippen molar-refractivity contribution in [3.8, 4) is 17.0 Å². The van der Waals surface area contributed by atoms with Gasteiger partial charge in [-0.05, 0) is 50.6 Å². The second kappa shape index (κ2) is 8.18. The molecule has 1 heterocycles. The number of non-ortho nitro benzene ring substituents is 1. The number of hydrogen-bond donors (Lipinski definition) is 1. The number of aryl methyl sites for hydroxylation is 1. The highest BCUT2D eigenvalue weighted by atomic mass is 32.1. The summed E-state index contributed by atoms with van der Waals surface area (Å²) < 4.78 is 5.63. The molecule has 0 saturated heterocycles. The van der Waals surface area contributed by atoms with Crippen LogP contribution >= 0.6 is 11.3 Å². The standard InChI is InChI=1S/C20H19N3O4S/c1-12(2)27-16-8-5-14(6-9-16)18-11-28-20(21-18)22-19(24)17-10-15(23(25)26)7-4-13(17)3/h4-12H,1-3H3,(H,21,22,24). The predicted octanol–water partition coefficient (Wildman–Crippen LogP) is 5.07. The van der Waals surface area contributed by atoms with Crippen molar-refractivity contribution < 1.29 is 14.5 Å².